The second-order valence-electron chi connectivity index (χ2n) is 6.58. The molecule has 2 aromatic carbocycles. The summed E-state index contributed by atoms with van der Waals surface area (Å²) in [5, 5.41) is 2.81. The molecule has 0 bridgehead atoms. The van der Waals surface area contributed by atoms with Crippen molar-refractivity contribution in [2.24, 2.45) is 0 Å². The molecule has 0 radical (unpaired) electrons. The van der Waals surface area contributed by atoms with Crippen molar-refractivity contribution in [1.29, 1.82) is 0 Å². The van der Waals surface area contributed by atoms with E-state index in [1.165, 1.54) is 31.4 Å². The number of hydrogen-bond acceptors (Lipinski definition) is 5. The van der Waals surface area contributed by atoms with Crippen LogP contribution in [0.15, 0.2) is 53.4 Å². The van der Waals surface area contributed by atoms with Gasteiger partial charge in [0.2, 0.25) is 10.0 Å². The van der Waals surface area contributed by atoms with E-state index in [4.69, 9.17) is 0 Å². The SMILES string of the molecule is CCN(CC)C(=O)Nc1ccc([C@H](C)NS(=O)(=O)c2ccc(C(=O)OC)cc2)cc1. The summed E-state index contributed by atoms with van der Waals surface area (Å²) in [4.78, 5) is 25.3. The van der Waals surface area contributed by atoms with Crippen molar-refractivity contribution >= 4 is 27.7 Å². The van der Waals surface area contributed by atoms with Crippen LogP contribution >= 0.6 is 0 Å². The summed E-state index contributed by atoms with van der Waals surface area (Å²) in [6, 6.07) is 11.8. The number of esters is 1. The number of benzene rings is 2. The van der Waals surface area contributed by atoms with Gasteiger partial charge in [0, 0.05) is 24.8 Å². The van der Waals surface area contributed by atoms with E-state index in [0.717, 1.165) is 5.56 Å². The van der Waals surface area contributed by atoms with Crippen molar-refractivity contribution < 1.29 is 22.7 Å². The topological polar surface area (TPSA) is 105 Å². The zero-order chi connectivity index (χ0) is 22.3. The molecule has 0 spiro atoms. The third-order valence-electron chi connectivity index (χ3n) is 4.63. The molecule has 9 heteroatoms. The second kappa shape index (κ2) is 10.2. The van der Waals surface area contributed by atoms with E-state index >= 15 is 0 Å². The molecule has 2 amide bonds. The normalized spacial score (nSPS) is 12.1. The Hall–Kier alpha value is -2.91. The van der Waals surface area contributed by atoms with Crippen LogP contribution in [0.1, 0.15) is 42.7 Å². The summed E-state index contributed by atoms with van der Waals surface area (Å²) < 4.78 is 32.5. The average Bonchev–Trinajstić information content (AvgIpc) is 2.74. The van der Waals surface area contributed by atoms with Gasteiger partial charge in [-0.1, -0.05) is 12.1 Å². The number of ether oxygens (including phenoxy) is 1. The van der Waals surface area contributed by atoms with E-state index in [2.05, 4.69) is 14.8 Å². The van der Waals surface area contributed by atoms with Gasteiger partial charge in [-0.2, -0.15) is 0 Å². The van der Waals surface area contributed by atoms with Gasteiger partial charge in [0.15, 0.2) is 0 Å². The van der Waals surface area contributed by atoms with Gasteiger partial charge in [0.1, 0.15) is 0 Å². The largest absolute Gasteiger partial charge is 0.465 e. The monoisotopic (exact) mass is 433 g/mol. The Morgan fingerprint density at radius 1 is 1.00 bits per heavy atom. The van der Waals surface area contributed by atoms with Crippen molar-refractivity contribution in [2.45, 2.75) is 31.7 Å². The Labute approximate surface area is 177 Å². The standard InChI is InChI=1S/C21H27N3O5S/c1-5-24(6-2)21(26)22-18-11-7-16(8-12-18)15(3)23-30(27,28)19-13-9-17(10-14-19)20(25)29-4/h7-15,23H,5-6H2,1-4H3,(H,22,26)/t15-/m0/s1. The number of anilines is 1. The smallest absolute Gasteiger partial charge is 0.337 e. The third-order valence-corrected chi connectivity index (χ3v) is 6.19. The van der Waals surface area contributed by atoms with Gasteiger partial charge in [-0.25, -0.2) is 22.7 Å². The zero-order valence-electron chi connectivity index (χ0n) is 17.5. The van der Waals surface area contributed by atoms with Crippen LogP contribution < -0.4 is 10.0 Å². The molecule has 0 heterocycles. The summed E-state index contributed by atoms with van der Waals surface area (Å²) in [6.45, 7) is 6.76. The molecule has 2 rings (SSSR count). The highest BCUT2D eigenvalue weighted by Crippen LogP contribution is 2.20. The highest BCUT2D eigenvalue weighted by Gasteiger charge is 2.19. The van der Waals surface area contributed by atoms with Crippen LogP contribution in [0, 0.1) is 0 Å². The predicted octanol–water partition coefficient (Wildman–Crippen LogP) is 3.39. The number of nitrogens with zero attached hydrogens (tertiary/aromatic N) is 1. The molecule has 0 aliphatic heterocycles. The molecule has 0 saturated carbocycles. The molecule has 1 atom stereocenters. The second-order valence-corrected chi connectivity index (χ2v) is 8.30. The molecule has 30 heavy (non-hydrogen) atoms. The maximum Gasteiger partial charge on any atom is 0.337 e. The van der Waals surface area contributed by atoms with Crippen molar-refractivity contribution in [3.8, 4) is 0 Å². The number of carbonyl (C=O) groups is 2. The fourth-order valence-corrected chi connectivity index (χ4v) is 4.06. The lowest BCUT2D eigenvalue weighted by Gasteiger charge is -2.19. The first-order valence-corrected chi connectivity index (χ1v) is 11.1. The molecule has 0 aromatic heterocycles. The molecule has 2 aromatic rings. The molecule has 0 aliphatic carbocycles. The third kappa shape index (κ3) is 5.80. The minimum Gasteiger partial charge on any atom is -0.465 e. The molecular weight excluding hydrogens is 406 g/mol. The lowest BCUT2D eigenvalue weighted by atomic mass is 10.1. The Balaban J connectivity index is 2.06. The molecule has 0 aliphatic rings. The van der Waals surface area contributed by atoms with Crippen molar-refractivity contribution in [3.63, 3.8) is 0 Å². The van der Waals surface area contributed by atoms with E-state index in [1.54, 1.807) is 36.1 Å². The van der Waals surface area contributed by atoms with Gasteiger partial charge in [0.25, 0.3) is 0 Å². The van der Waals surface area contributed by atoms with Crippen LogP contribution in [-0.4, -0.2) is 45.5 Å². The van der Waals surface area contributed by atoms with Gasteiger partial charge in [-0.15, -0.1) is 0 Å². The predicted molar refractivity (Wildman–Crippen MR) is 115 cm³/mol. The Bertz CT molecular complexity index is 969. The lowest BCUT2D eigenvalue weighted by molar-refractivity contribution is 0.0600. The van der Waals surface area contributed by atoms with Crippen LogP contribution in [0.4, 0.5) is 10.5 Å². The lowest BCUT2D eigenvalue weighted by Crippen LogP contribution is -2.34. The van der Waals surface area contributed by atoms with Crippen molar-refractivity contribution in [2.75, 3.05) is 25.5 Å². The fourth-order valence-electron chi connectivity index (χ4n) is 2.83. The summed E-state index contributed by atoms with van der Waals surface area (Å²) in [6.07, 6.45) is 0. The average molecular weight is 434 g/mol. The van der Waals surface area contributed by atoms with Crippen LogP contribution in [0.5, 0.6) is 0 Å². The molecule has 162 valence electrons. The number of urea groups is 1. The number of sulfonamides is 1. The molecule has 0 fully saturated rings. The van der Waals surface area contributed by atoms with Crippen LogP contribution in [0.25, 0.3) is 0 Å². The van der Waals surface area contributed by atoms with Gasteiger partial charge in [-0.05, 0) is 62.7 Å². The highest BCUT2D eigenvalue weighted by atomic mass is 32.2. The molecule has 0 saturated heterocycles. The maximum atomic E-state index is 12.6. The van der Waals surface area contributed by atoms with Gasteiger partial charge in [0.05, 0.1) is 17.6 Å². The number of nitrogens with one attached hydrogen (secondary N) is 2. The van der Waals surface area contributed by atoms with Crippen LogP contribution in [0.2, 0.25) is 0 Å². The summed E-state index contributed by atoms with van der Waals surface area (Å²) in [5.41, 5.74) is 1.64. The molecule has 2 N–H and O–H groups in total. The van der Waals surface area contributed by atoms with Crippen molar-refractivity contribution in [3.05, 3.63) is 59.7 Å². The number of methoxy groups -OCH3 is 1. The van der Waals surface area contributed by atoms with E-state index in [0.29, 0.717) is 18.8 Å². The van der Waals surface area contributed by atoms with Crippen molar-refractivity contribution in [1.82, 2.24) is 9.62 Å². The van der Waals surface area contributed by atoms with Gasteiger partial charge < -0.3 is 15.0 Å². The van der Waals surface area contributed by atoms with Crippen LogP contribution in [-0.2, 0) is 14.8 Å². The first-order valence-electron chi connectivity index (χ1n) is 9.58. The first kappa shape index (κ1) is 23.4. The molecule has 0 unspecified atom stereocenters. The number of carbonyl (C=O) groups excluding carboxylic acids is 2. The number of hydrogen-bond donors (Lipinski definition) is 2. The van der Waals surface area contributed by atoms with E-state index in [-0.39, 0.29) is 16.5 Å². The number of rotatable bonds is 8. The summed E-state index contributed by atoms with van der Waals surface area (Å²) >= 11 is 0. The summed E-state index contributed by atoms with van der Waals surface area (Å²) in [5.74, 6) is -0.534. The first-order chi connectivity index (χ1) is 14.2. The minimum absolute atomic E-state index is 0.0464. The highest BCUT2D eigenvalue weighted by molar-refractivity contribution is 7.89. The van der Waals surface area contributed by atoms with Crippen LogP contribution in [0.3, 0.4) is 0 Å². The summed E-state index contributed by atoms with van der Waals surface area (Å²) in [7, 11) is -2.52. The minimum atomic E-state index is -3.78. The Kier molecular flexibility index (Phi) is 7.96. The molecular formula is C21H27N3O5S. The maximum absolute atomic E-state index is 12.6. The Morgan fingerprint density at radius 2 is 1.57 bits per heavy atom. The number of amides is 2. The van der Waals surface area contributed by atoms with Gasteiger partial charge >= 0.3 is 12.0 Å². The fraction of sp³-hybridized carbons (Fsp3) is 0.333. The van der Waals surface area contributed by atoms with E-state index in [1.807, 2.05) is 13.8 Å². The Morgan fingerprint density at radius 3 is 2.07 bits per heavy atom. The van der Waals surface area contributed by atoms with E-state index < -0.39 is 22.0 Å². The zero-order valence-corrected chi connectivity index (χ0v) is 18.3. The quantitative estimate of drug-likeness (QED) is 0.621. The molecule has 8 nitrogen and oxygen atoms in total. The van der Waals surface area contributed by atoms with E-state index in [9.17, 15) is 18.0 Å². The van der Waals surface area contributed by atoms with Gasteiger partial charge in [-0.3, -0.25) is 0 Å².